The first-order valence-corrected chi connectivity index (χ1v) is 9.55. The smallest absolute Gasteiger partial charge is 0.271 e. The van der Waals surface area contributed by atoms with E-state index in [2.05, 4.69) is 41.6 Å². The van der Waals surface area contributed by atoms with Gasteiger partial charge in [-0.3, -0.25) is 14.7 Å². The number of benzene rings is 1. The summed E-state index contributed by atoms with van der Waals surface area (Å²) in [6.07, 6.45) is 5.66. The van der Waals surface area contributed by atoms with Gasteiger partial charge < -0.3 is 10.6 Å². The van der Waals surface area contributed by atoms with Crippen molar-refractivity contribution in [2.75, 3.05) is 5.32 Å². The number of rotatable bonds is 4. The van der Waals surface area contributed by atoms with Gasteiger partial charge in [-0.15, -0.1) is 0 Å². The molecule has 6 heteroatoms. The van der Waals surface area contributed by atoms with Crippen LogP contribution >= 0.6 is 0 Å². The molecule has 0 atom stereocenters. The molecule has 3 rings (SSSR count). The maximum absolute atomic E-state index is 12.7. The minimum atomic E-state index is -0.267. The molecule has 2 aromatic rings. The highest BCUT2D eigenvalue weighted by atomic mass is 16.2. The first kappa shape index (κ1) is 19.1. The zero-order valence-electron chi connectivity index (χ0n) is 16.2. The van der Waals surface area contributed by atoms with Crippen molar-refractivity contribution in [3.63, 3.8) is 0 Å². The molecule has 0 spiro atoms. The molecule has 3 N–H and O–H groups in total. The Labute approximate surface area is 161 Å². The van der Waals surface area contributed by atoms with Crippen molar-refractivity contribution in [3.8, 4) is 0 Å². The highest BCUT2D eigenvalue weighted by Crippen LogP contribution is 2.37. The van der Waals surface area contributed by atoms with Gasteiger partial charge in [-0.05, 0) is 49.1 Å². The monoisotopic (exact) mass is 370 g/mol. The van der Waals surface area contributed by atoms with Gasteiger partial charge in [0.25, 0.3) is 11.8 Å². The molecule has 1 heterocycles. The zero-order chi connectivity index (χ0) is 19.4. The van der Waals surface area contributed by atoms with Crippen LogP contribution in [0.25, 0.3) is 0 Å². The average molecular weight is 370 g/mol. The summed E-state index contributed by atoms with van der Waals surface area (Å²) in [5.74, 6) is 0.199. The van der Waals surface area contributed by atoms with E-state index in [1.54, 1.807) is 24.3 Å². The van der Waals surface area contributed by atoms with E-state index in [0.717, 1.165) is 25.7 Å². The molecule has 1 aromatic heterocycles. The lowest BCUT2D eigenvalue weighted by Crippen LogP contribution is -2.39. The van der Waals surface area contributed by atoms with Crippen molar-refractivity contribution in [2.24, 2.45) is 11.3 Å². The van der Waals surface area contributed by atoms with Crippen LogP contribution in [0.5, 0.6) is 0 Å². The Balaban J connectivity index is 0.00000280. The summed E-state index contributed by atoms with van der Waals surface area (Å²) in [6.45, 7) is 6.84. The second-order valence-corrected chi connectivity index (χ2v) is 8.37. The Morgan fingerprint density at radius 3 is 2.37 bits per heavy atom. The standard InChI is InChI=1S/C21H28N4O2.H2/c1-21(2,3)15-9-11-16(12-10-15)23-20(27)18-17(13-22-25-18)24-19(26)14-7-5-4-6-8-14;/h4-8,13,15-16H,9-12H2,1-3H3,(H,22,25)(H,23,27)(H,24,26);1H. The van der Waals surface area contributed by atoms with E-state index < -0.39 is 0 Å². The summed E-state index contributed by atoms with van der Waals surface area (Å²) in [5.41, 5.74) is 1.53. The van der Waals surface area contributed by atoms with E-state index >= 15 is 0 Å². The van der Waals surface area contributed by atoms with E-state index in [9.17, 15) is 9.59 Å². The molecule has 0 aliphatic heterocycles. The normalized spacial score (nSPS) is 20.1. The lowest BCUT2D eigenvalue weighted by Gasteiger charge is -2.37. The fraction of sp³-hybridized carbons (Fsp3) is 0.476. The number of aromatic amines is 1. The van der Waals surface area contributed by atoms with Crippen LogP contribution in [-0.4, -0.2) is 28.1 Å². The molecule has 1 aliphatic carbocycles. The number of anilines is 1. The summed E-state index contributed by atoms with van der Waals surface area (Å²) in [4.78, 5) is 25.0. The van der Waals surface area contributed by atoms with Crippen LogP contribution in [0, 0.1) is 11.3 Å². The van der Waals surface area contributed by atoms with Crippen molar-refractivity contribution >= 4 is 17.5 Å². The van der Waals surface area contributed by atoms with Gasteiger partial charge in [-0.2, -0.15) is 5.10 Å². The van der Waals surface area contributed by atoms with Crippen LogP contribution in [0.15, 0.2) is 36.5 Å². The molecule has 2 amide bonds. The van der Waals surface area contributed by atoms with E-state index in [1.807, 2.05) is 6.07 Å². The molecule has 0 bridgehead atoms. The Morgan fingerprint density at radius 1 is 1.07 bits per heavy atom. The number of hydrogen-bond acceptors (Lipinski definition) is 3. The summed E-state index contributed by atoms with van der Waals surface area (Å²) < 4.78 is 0. The van der Waals surface area contributed by atoms with Crippen LogP contribution in [0.3, 0.4) is 0 Å². The Bertz CT molecular complexity index is 790. The molecular weight excluding hydrogens is 340 g/mol. The number of hydrogen-bond donors (Lipinski definition) is 3. The minimum Gasteiger partial charge on any atom is -0.348 e. The van der Waals surface area contributed by atoms with Gasteiger partial charge in [0, 0.05) is 13.0 Å². The molecule has 0 radical (unpaired) electrons. The van der Waals surface area contributed by atoms with Gasteiger partial charge in [0.1, 0.15) is 5.69 Å². The van der Waals surface area contributed by atoms with E-state index in [0.29, 0.717) is 22.6 Å². The van der Waals surface area contributed by atoms with Gasteiger partial charge in [-0.1, -0.05) is 39.0 Å². The lowest BCUT2D eigenvalue weighted by atomic mass is 9.71. The molecule has 0 saturated heterocycles. The number of carbonyl (C=O) groups excluding carboxylic acids is 2. The fourth-order valence-electron chi connectivity index (χ4n) is 3.70. The number of carbonyl (C=O) groups is 2. The number of H-pyrrole nitrogens is 1. The average Bonchev–Trinajstić information content (AvgIpc) is 3.10. The summed E-state index contributed by atoms with van der Waals surface area (Å²) in [5, 5.41) is 12.5. The largest absolute Gasteiger partial charge is 0.348 e. The molecule has 1 aliphatic rings. The van der Waals surface area contributed by atoms with Gasteiger partial charge in [0.2, 0.25) is 0 Å². The van der Waals surface area contributed by atoms with E-state index in [-0.39, 0.29) is 25.0 Å². The van der Waals surface area contributed by atoms with Crippen LogP contribution in [0.4, 0.5) is 5.69 Å². The molecule has 1 saturated carbocycles. The number of nitrogens with one attached hydrogen (secondary N) is 3. The Morgan fingerprint density at radius 2 is 1.74 bits per heavy atom. The third-order valence-electron chi connectivity index (χ3n) is 5.44. The van der Waals surface area contributed by atoms with Gasteiger partial charge in [0.15, 0.2) is 0 Å². The molecule has 6 nitrogen and oxygen atoms in total. The zero-order valence-corrected chi connectivity index (χ0v) is 16.2. The van der Waals surface area contributed by atoms with Crippen molar-refractivity contribution in [2.45, 2.75) is 52.5 Å². The minimum absolute atomic E-state index is 0. The maximum Gasteiger partial charge on any atom is 0.271 e. The third kappa shape index (κ3) is 4.76. The predicted octanol–water partition coefficient (Wildman–Crippen LogP) is 4.24. The maximum atomic E-state index is 12.7. The van der Waals surface area contributed by atoms with Crippen LogP contribution in [0.1, 0.15) is 68.7 Å². The van der Waals surface area contributed by atoms with E-state index in [1.165, 1.54) is 6.20 Å². The van der Waals surface area contributed by atoms with Crippen molar-refractivity contribution in [1.29, 1.82) is 0 Å². The summed E-state index contributed by atoms with van der Waals surface area (Å²) in [7, 11) is 0. The molecular formula is C21H30N4O2. The highest BCUT2D eigenvalue weighted by Gasteiger charge is 2.30. The molecule has 0 unspecified atom stereocenters. The molecule has 27 heavy (non-hydrogen) atoms. The number of nitrogens with zero attached hydrogens (tertiary/aromatic N) is 1. The highest BCUT2D eigenvalue weighted by molar-refractivity contribution is 6.08. The fourth-order valence-corrected chi connectivity index (χ4v) is 3.70. The third-order valence-corrected chi connectivity index (χ3v) is 5.44. The second-order valence-electron chi connectivity index (χ2n) is 8.37. The van der Waals surface area contributed by atoms with Crippen molar-refractivity contribution < 1.29 is 11.0 Å². The van der Waals surface area contributed by atoms with Crippen LogP contribution < -0.4 is 10.6 Å². The van der Waals surface area contributed by atoms with Gasteiger partial charge in [0.05, 0.1) is 11.9 Å². The molecule has 1 fully saturated rings. The topological polar surface area (TPSA) is 86.9 Å². The Kier molecular flexibility index (Phi) is 5.63. The van der Waals surface area contributed by atoms with Gasteiger partial charge >= 0.3 is 0 Å². The summed E-state index contributed by atoms with van der Waals surface area (Å²) >= 11 is 0. The quantitative estimate of drug-likeness (QED) is 0.752. The van der Waals surface area contributed by atoms with E-state index in [4.69, 9.17) is 0 Å². The van der Waals surface area contributed by atoms with Crippen molar-refractivity contribution in [1.82, 2.24) is 15.5 Å². The Hall–Kier alpha value is -2.63. The lowest BCUT2D eigenvalue weighted by molar-refractivity contribution is 0.0900. The number of aromatic nitrogens is 2. The van der Waals surface area contributed by atoms with Gasteiger partial charge in [-0.25, -0.2) is 0 Å². The summed E-state index contributed by atoms with van der Waals surface area (Å²) in [6, 6.07) is 9.06. The first-order chi connectivity index (χ1) is 12.8. The first-order valence-electron chi connectivity index (χ1n) is 9.55. The van der Waals surface area contributed by atoms with Crippen LogP contribution in [0.2, 0.25) is 0 Å². The second kappa shape index (κ2) is 7.94. The predicted molar refractivity (Wildman–Crippen MR) is 108 cm³/mol. The molecule has 146 valence electrons. The molecule has 1 aromatic carbocycles. The SMILES string of the molecule is CC(C)(C)C1CCC(NC(=O)c2[nH]ncc2NC(=O)c2ccccc2)CC1.[HH]. The number of amides is 2. The van der Waals surface area contributed by atoms with Crippen molar-refractivity contribution in [3.05, 3.63) is 47.8 Å². The van der Waals surface area contributed by atoms with Crippen LogP contribution in [-0.2, 0) is 0 Å².